The van der Waals surface area contributed by atoms with E-state index in [-0.39, 0.29) is 17.7 Å². The van der Waals surface area contributed by atoms with Gasteiger partial charge < -0.3 is 4.90 Å². The smallest absolute Gasteiger partial charge is 0.254 e. The van der Waals surface area contributed by atoms with Crippen molar-refractivity contribution in [3.8, 4) is 0 Å². The zero-order chi connectivity index (χ0) is 13.4. The lowest BCUT2D eigenvalue weighted by Crippen LogP contribution is -2.44. The molecule has 1 atom stereocenters. The molecule has 2 aromatic rings. The van der Waals surface area contributed by atoms with Crippen molar-refractivity contribution in [3.05, 3.63) is 23.8 Å². The number of ketones is 1. The molecule has 3 rings (SSSR count). The Morgan fingerprint density at radius 2 is 2.32 bits per heavy atom. The molecule has 1 saturated heterocycles. The quantitative estimate of drug-likeness (QED) is 0.832. The number of rotatable bonds is 1. The number of amides is 1. The lowest BCUT2D eigenvalue weighted by Gasteiger charge is -2.32. The molecule has 1 aromatic heterocycles. The van der Waals surface area contributed by atoms with E-state index in [0.29, 0.717) is 30.5 Å². The zero-order valence-electron chi connectivity index (χ0n) is 10.6. The summed E-state index contributed by atoms with van der Waals surface area (Å²) in [6, 6.07) is 5.24. The largest absolute Gasteiger partial charge is 0.335 e. The highest BCUT2D eigenvalue weighted by Crippen LogP contribution is 2.19. The number of aromatic nitrogens is 3. The highest BCUT2D eigenvalue weighted by molar-refractivity contribution is 5.98. The number of likely N-dealkylation sites (tertiary alicyclic amines) is 1. The molecule has 6 nitrogen and oxygen atoms in total. The van der Waals surface area contributed by atoms with Gasteiger partial charge in [0.15, 0.2) is 0 Å². The van der Waals surface area contributed by atoms with Gasteiger partial charge in [0.25, 0.3) is 5.91 Å². The van der Waals surface area contributed by atoms with E-state index in [0.717, 1.165) is 5.52 Å². The van der Waals surface area contributed by atoms with Crippen LogP contribution >= 0.6 is 0 Å². The van der Waals surface area contributed by atoms with Gasteiger partial charge in [0.1, 0.15) is 11.3 Å². The molecule has 6 heteroatoms. The molecule has 1 aliphatic rings. The third-order valence-electron chi connectivity index (χ3n) is 3.52. The number of Topliss-reactive ketones (excluding diaryl/α,β-unsaturated/α-hetero) is 1. The Morgan fingerprint density at radius 3 is 3.11 bits per heavy atom. The third kappa shape index (κ3) is 2.09. The normalized spacial score (nSPS) is 19.9. The number of fused-ring (bicyclic) bond motifs is 1. The van der Waals surface area contributed by atoms with Crippen molar-refractivity contribution < 1.29 is 9.59 Å². The first-order valence-corrected chi connectivity index (χ1v) is 6.28. The molecule has 1 aliphatic heterocycles. The number of H-pyrrole nitrogens is 1. The van der Waals surface area contributed by atoms with Crippen molar-refractivity contribution in [2.75, 3.05) is 6.54 Å². The first-order chi connectivity index (χ1) is 9.15. The molecule has 0 unspecified atom stereocenters. The number of carbonyl (C=O) groups excluding carboxylic acids is 2. The molecule has 1 amide bonds. The monoisotopic (exact) mass is 258 g/mol. The second-order valence-electron chi connectivity index (χ2n) is 4.88. The summed E-state index contributed by atoms with van der Waals surface area (Å²) < 4.78 is 0. The Kier molecular flexibility index (Phi) is 2.77. The van der Waals surface area contributed by atoms with Crippen LogP contribution in [-0.4, -0.2) is 44.6 Å². The molecule has 1 N–H and O–H groups in total. The minimum atomic E-state index is -0.0510. The van der Waals surface area contributed by atoms with Crippen LogP contribution in [0, 0.1) is 0 Å². The van der Waals surface area contributed by atoms with Crippen molar-refractivity contribution in [3.63, 3.8) is 0 Å². The Hall–Kier alpha value is -2.24. The predicted molar refractivity (Wildman–Crippen MR) is 68.6 cm³/mol. The highest BCUT2D eigenvalue weighted by Gasteiger charge is 2.28. The summed E-state index contributed by atoms with van der Waals surface area (Å²) in [6.45, 7) is 2.40. The third-order valence-corrected chi connectivity index (χ3v) is 3.52. The van der Waals surface area contributed by atoms with Crippen LogP contribution in [0.4, 0.5) is 0 Å². The van der Waals surface area contributed by atoms with E-state index >= 15 is 0 Å². The van der Waals surface area contributed by atoms with Gasteiger partial charge in [-0.3, -0.25) is 14.7 Å². The Labute approximate surface area is 109 Å². The van der Waals surface area contributed by atoms with Gasteiger partial charge in [-0.1, -0.05) is 5.21 Å². The number of benzene rings is 1. The molecule has 2 heterocycles. The van der Waals surface area contributed by atoms with E-state index < -0.39 is 0 Å². The molecule has 0 radical (unpaired) electrons. The van der Waals surface area contributed by atoms with E-state index in [9.17, 15) is 9.59 Å². The van der Waals surface area contributed by atoms with E-state index in [4.69, 9.17) is 0 Å². The van der Waals surface area contributed by atoms with Gasteiger partial charge >= 0.3 is 0 Å². The van der Waals surface area contributed by atoms with Gasteiger partial charge in [-0.05, 0) is 25.1 Å². The van der Waals surface area contributed by atoms with Crippen LogP contribution in [0.1, 0.15) is 30.1 Å². The molecule has 98 valence electrons. The summed E-state index contributed by atoms with van der Waals surface area (Å²) in [5, 5.41) is 10.4. The first-order valence-electron chi connectivity index (χ1n) is 6.28. The van der Waals surface area contributed by atoms with Gasteiger partial charge in [0, 0.05) is 31.0 Å². The molecule has 1 aromatic carbocycles. The molecule has 19 heavy (non-hydrogen) atoms. The van der Waals surface area contributed by atoms with Crippen LogP contribution in [-0.2, 0) is 4.79 Å². The SMILES string of the molecule is C[C@@H]1CC(=O)CCN1C(=O)c1ccc2[nH]nnc2c1. The minimum absolute atomic E-state index is 0.0400. The zero-order valence-corrected chi connectivity index (χ0v) is 10.6. The lowest BCUT2D eigenvalue weighted by molar-refractivity contribution is -0.122. The second kappa shape index (κ2) is 4.46. The number of carbonyl (C=O) groups is 2. The van der Waals surface area contributed by atoms with Crippen molar-refractivity contribution in [2.24, 2.45) is 0 Å². The van der Waals surface area contributed by atoms with E-state index in [2.05, 4.69) is 15.4 Å². The van der Waals surface area contributed by atoms with Crippen LogP contribution in [0.5, 0.6) is 0 Å². The fraction of sp³-hybridized carbons (Fsp3) is 0.385. The van der Waals surface area contributed by atoms with Crippen molar-refractivity contribution >= 4 is 22.7 Å². The molecule has 1 fully saturated rings. The highest BCUT2D eigenvalue weighted by atomic mass is 16.2. The van der Waals surface area contributed by atoms with Crippen LogP contribution < -0.4 is 0 Å². The van der Waals surface area contributed by atoms with Gasteiger partial charge in [-0.25, -0.2) is 0 Å². The van der Waals surface area contributed by atoms with E-state index in [1.54, 1.807) is 23.1 Å². The number of aromatic amines is 1. The Morgan fingerprint density at radius 1 is 1.47 bits per heavy atom. The maximum atomic E-state index is 12.4. The van der Waals surface area contributed by atoms with Crippen molar-refractivity contribution in [1.29, 1.82) is 0 Å². The summed E-state index contributed by atoms with van der Waals surface area (Å²) in [7, 11) is 0. The van der Waals surface area contributed by atoms with Gasteiger partial charge in [-0.2, -0.15) is 0 Å². The summed E-state index contributed by atoms with van der Waals surface area (Å²) in [5.74, 6) is 0.174. The van der Waals surface area contributed by atoms with Gasteiger partial charge in [0.05, 0.1) is 5.52 Å². The standard InChI is InChI=1S/C13H14N4O2/c1-8-6-10(18)4-5-17(8)13(19)9-2-3-11-12(7-9)15-16-14-11/h2-3,7-8H,4-6H2,1H3,(H,14,15,16)/t8-/m1/s1. The Bertz CT molecular complexity index is 649. The number of hydrogen-bond donors (Lipinski definition) is 1. The van der Waals surface area contributed by atoms with E-state index in [1.807, 2.05) is 6.92 Å². The summed E-state index contributed by atoms with van der Waals surface area (Å²) in [4.78, 5) is 25.5. The topological polar surface area (TPSA) is 79.0 Å². The maximum Gasteiger partial charge on any atom is 0.254 e. The van der Waals surface area contributed by atoms with Crippen molar-refractivity contribution in [1.82, 2.24) is 20.3 Å². The van der Waals surface area contributed by atoms with E-state index in [1.165, 1.54) is 0 Å². The first kappa shape index (κ1) is 11.8. The summed E-state index contributed by atoms with van der Waals surface area (Å²) in [6.07, 6.45) is 0.889. The fourth-order valence-corrected chi connectivity index (χ4v) is 2.45. The molecule has 0 saturated carbocycles. The van der Waals surface area contributed by atoms with Crippen LogP contribution in [0.25, 0.3) is 11.0 Å². The number of hydrogen-bond acceptors (Lipinski definition) is 4. The number of nitrogens with one attached hydrogen (secondary N) is 1. The number of piperidine rings is 1. The number of nitrogens with zero attached hydrogens (tertiary/aromatic N) is 3. The Balaban J connectivity index is 1.88. The van der Waals surface area contributed by atoms with Crippen molar-refractivity contribution in [2.45, 2.75) is 25.8 Å². The van der Waals surface area contributed by atoms with Gasteiger partial charge in [0.2, 0.25) is 0 Å². The van der Waals surface area contributed by atoms with Crippen LogP contribution in [0.3, 0.4) is 0 Å². The molecule has 0 aliphatic carbocycles. The predicted octanol–water partition coefficient (Wildman–Crippen LogP) is 1.15. The lowest BCUT2D eigenvalue weighted by atomic mass is 10.0. The van der Waals surface area contributed by atoms with Gasteiger partial charge in [-0.15, -0.1) is 5.10 Å². The molecule has 0 spiro atoms. The molecular formula is C13H14N4O2. The molecular weight excluding hydrogens is 244 g/mol. The average molecular weight is 258 g/mol. The van der Waals surface area contributed by atoms with Crippen LogP contribution in [0.15, 0.2) is 18.2 Å². The summed E-state index contributed by atoms with van der Waals surface area (Å²) >= 11 is 0. The minimum Gasteiger partial charge on any atom is -0.335 e. The van der Waals surface area contributed by atoms with Crippen LogP contribution in [0.2, 0.25) is 0 Å². The maximum absolute atomic E-state index is 12.4. The summed E-state index contributed by atoms with van der Waals surface area (Å²) in [5.41, 5.74) is 2.06. The second-order valence-corrected chi connectivity index (χ2v) is 4.88. The fourth-order valence-electron chi connectivity index (χ4n) is 2.45. The average Bonchev–Trinajstić information content (AvgIpc) is 2.85. The molecule has 0 bridgehead atoms.